The lowest BCUT2D eigenvalue weighted by atomic mass is 10.1. The molecule has 0 unspecified atom stereocenters. The van der Waals surface area contributed by atoms with Crippen molar-refractivity contribution in [3.05, 3.63) is 42.1 Å². The van der Waals surface area contributed by atoms with Crippen LogP contribution in [0.5, 0.6) is 0 Å². The van der Waals surface area contributed by atoms with Crippen LogP contribution in [0.25, 0.3) is 10.9 Å². The second-order valence-electron chi connectivity index (χ2n) is 2.84. The molecule has 3 heteroatoms. The highest BCUT2D eigenvalue weighted by Crippen LogP contribution is 2.16. The van der Waals surface area contributed by atoms with E-state index in [9.17, 15) is 4.79 Å². The second kappa shape index (κ2) is 3.38. The minimum absolute atomic E-state index is 0.316. The van der Waals surface area contributed by atoms with Gasteiger partial charge in [0.2, 0.25) is 0 Å². The van der Waals surface area contributed by atoms with Crippen molar-refractivity contribution in [3.8, 4) is 0 Å². The normalized spacial score (nSPS) is 10.0. The fourth-order valence-corrected chi connectivity index (χ4v) is 1.38. The van der Waals surface area contributed by atoms with Gasteiger partial charge in [0, 0.05) is 11.6 Å². The Morgan fingerprint density at radius 2 is 2.14 bits per heavy atom. The minimum Gasteiger partial charge on any atom is -0.267 e. The first-order valence-electron chi connectivity index (χ1n) is 4.18. The summed E-state index contributed by atoms with van der Waals surface area (Å²) < 4.78 is 0. The molecule has 2 rings (SSSR count). The monoisotopic (exact) mass is 184 g/mol. The van der Waals surface area contributed by atoms with Gasteiger partial charge in [-0.25, -0.2) is 4.99 Å². The first-order chi connectivity index (χ1) is 6.83. The van der Waals surface area contributed by atoms with E-state index in [-0.39, 0.29) is 5.91 Å². The zero-order chi connectivity index (χ0) is 9.97. The number of benzene rings is 1. The molecule has 2 aromatic rings. The van der Waals surface area contributed by atoms with Gasteiger partial charge in [0.05, 0.1) is 11.1 Å². The van der Waals surface area contributed by atoms with Gasteiger partial charge in [-0.3, -0.25) is 9.78 Å². The summed E-state index contributed by atoms with van der Waals surface area (Å²) in [6.07, 6.45) is 1.69. The van der Waals surface area contributed by atoms with Crippen molar-refractivity contribution in [3.63, 3.8) is 0 Å². The molecule has 0 atom stereocenters. The van der Waals surface area contributed by atoms with Crippen molar-refractivity contribution < 1.29 is 4.79 Å². The second-order valence-corrected chi connectivity index (χ2v) is 2.84. The number of aromatic nitrogens is 1. The number of carbonyl (C=O) groups excluding carboxylic acids is 1. The van der Waals surface area contributed by atoms with Gasteiger partial charge >= 0.3 is 0 Å². The van der Waals surface area contributed by atoms with E-state index in [0.717, 1.165) is 10.9 Å². The lowest BCUT2D eigenvalue weighted by molar-refractivity contribution is 0.101. The van der Waals surface area contributed by atoms with Gasteiger partial charge in [0.1, 0.15) is 0 Å². The standard InChI is InChI=1S/C11H8N2O/c1-12-11(14)9-4-2-6-10-8(9)5-3-7-13-10/h2-7H,1H2. The van der Waals surface area contributed by atoms with Crippen LogP contribution in [0.4, 0.5) is 0 Å². The third-order valence-corrected chi connectivity index (χ3v) is 2.02. The van der Waals surface area contributed by atoms with Crippen LogP contribution < -0.4 is 0 Å². The maximum absolute atomic E-state index is 11.4. The fourth-order valence-electron chi connectivity index (χ4n) is 1.38. The lowest BCUT2D eigenvalue weighted by Crippen LogP contribution is -1.95. The Morgan fingerprint density at radius 3 is 2.93 bits per heavy atom. The molecule has 1 amide bonds. The quantitative estimate of drug-likeness (QED) is 0.637. The van der Waals surface area contributed by atoms with Crippen LogP contribution in [0.1, 0.15) is 10.4 Å². The van der Waals surface area contributed by atoms with Crippen molar-refractivity contribution in [1.82, 2.24) is 4.98 Å². The SMILES string of the molecule is C=NC(=O)c1cccc2ncccc12. The molecule has 0 bridgehead atoms. The molecule has 0 radical (unpaired) electrons. The van der Waals surface area contributed by atoms with Gasteiger partial charge in [0.25, 0.3) is 5.91 Å². The molecular weight excluding hydrogens is 176 g/mol. The van der Waals surface area contributed by atoms with Crippen LogP contribution in [-0.4, -0.2) is 17.6 Å². The highest BCUT2D eigenvalue weighted by molar-refractivity contribution is 6.07. The molecule has 0 aliphatic carbocycles. The van der Waals surface area contributed by atoms with Gasteiger partial charge in [-0.2, -0.15) is 0 Å². The Balaban J connectivity index is 2.77. The summed E-state index contributed by atoms with van der Waals surface area (Å²) in [4.78, 5) is 18.9. The largest absolute Gasteiger partial charge is 0.277 e. The summed E-state index contributed by atoms with van der Waals surface area (Å²) >= 11 is 0. The molecule has 0 saturated heterocycles. The summed E-state index contributed by atoms with van der Waals surface area (Å²) in [7, 11) is 0. The van der Waals surface area contributed by atoms with E-state index in [1.165, 1.54) is 0 Å². The smallest absolute Gasteiger partial charge is 0.267 e. The molecule has 0 aliphatic rings. The number of aliphatic imine (C=N–C) groups is 1. The zero-order valence-electron chi connectivity index (χ0n) is 7.47. The van der Waals surface area contributed by atoms with Crippen LogP contribution in [0.2, 0.25) is 0 Å². The number of carbonyl (C=O) groups is 1. The number of rotatable bonds is 1. The molecule has 1 heterocycles. The van der Waals surface area contributed by atoms with Crippen molar-refractivity contribution in [2.45, 2.75) is 0 Å². The van der Waals surface area contributed by atoms with E-state index in [0.29, 0.717) is 5.56 Å². The summed E-state index contributed by atoms with van der Waals surface area (Å²) in [5, 5.41) is 0.812. The molecule has 68 valence electrons. The number of nitrogens with zero attached hydrogens (tertiary/aromatic N) is 2. The molecule has 0 saturated carbocycles. The number of pyridine rings is 1. The van der Waals surface area contributed by atoms with Crippen molar-refractivity contribution in [2.24, 2.45) is 4.99 Å². The molecule has 0 aliphatic heterocycles. The van der Waals surface area contributed by atoms with Crippen LogP contribution in [0.15, 0.2) is 41.5 Å². The maximum atomic E-state index is 11.4. The number of hydrogen-bond donors (Lipinski definition) is 0. The van der Waals surface area contributed by atoms with Crippen LogP contribution in [0.3, 0.4) is 0 Å². The first-order valence-corrected chi connectivity index (χ1v) is 4.18. The Labute approximate surface area is 81.1 Å². The Bertz CT molecular complexity index is 500. The molecule has 14 heavy (non-hydrogen) atoms. The maximum Gasteiger partial charge on any atom is 0.277 e. The van der Waals surface area contributed by atoms with Crippen LogP contribution >= 0.6 is 0 Å². The average molecular weight is 184 g/mol. The summed E-state index contributed by atoms with van der Waals surface area (Å²) in [5.74, 6) is -0.316. The van der Waals surface area contributed by atoms with Crippen LogP contribution in [0, 0.1) is 0 Å². The van der Waals surface area contributed by atoms with E-state index >= 15 is 0 Å². The fraction of sp³-hybridized carbons (Fsp3) is 0. The van der Waals surface area contributed by atoms with E-state index < -0.39 is 0 Å². The topological polar surface area (TPSA) is 42.3 Å². The summed E-state index contributed by atoms with van der Waals surface area (Å²) in [6, 6.07) is 9.01. The lowest BCUT2D eigenvalue weighted by Gasteiger charge is -2.00. The minimum atomic E-state index is -0.316. The van der Waals surface area contributed by atoms with E-state index in [1.54, 1.807) is 24.4 Å². The van der Waals surface area contributed by atoms with Gasteiger partial charge in [-0.1, -0.05) is 12.1 Å². The van der Waals surface area contributed by atoms with Crippen molar-refractivity contribution in [1.29, 1.82) is 0 Å². The molecule has 0 N–H and O–H groups in total. The summed E-state index contributed by atoms with van der Waals surface area (Å²) in [5.41, 5.74) is 1.34. The third-order valence-electron chi connectivity index (χ3n) is 2.02. The average Bonchev–Trinajstić information content (AvgIpc) is 2.27. The predicted molar refractivity (Wildman–Crippen MR) is 55.6 cm³/mol. The Kier molecular flexibility index (Phi) is 2.07. The highest BCUT2D eigenvalue weighted by atomic mass is 16.1. The number of amides is 1. The van der Waals surface area contributed by atoms with E-state index in [4.69, 9.17) is 0 Å². The Morgan fingerprint density at radius 1 is 1.29 bits per heavy atom. The van der Waals surface area contributed by atoms with Gasteiger partial charge in [-0.15, -0.1) is 0 Å². The third kappa shape index (κ3) is 1.29. The van der Waals surface area contributed by atoms with Crippen molar-refractivity contribution >= 4 is 23.5 Å². The van der Waals surface area contributed by atoms with E-state index in [2.05, 4.69) is 16.7 Å². The number of fused-ring (bicyclic) bond motifs is 1. The van der Waals surface area contributed by atoms with Crippen LogP contribution in [-0.2, 0) is 0 Å². The Hall–Kier alpha value is -2.03. The van der Waals surface area contributed by atoms with Crippen molar-refractivity contribution in [2.75, 3.05) is 0 Å². The number of hydrogen-bond acceptors (Lipinski definition) is 2. The van der Waals surface area contributed by atoms with Gasteiger partial charge < -0.3 is 0 Å². The van der Waals surface area contributed by atoms with Gasteiger partial charge in [0.15, 0.2) is 0 Å². The molecular formula is C11H8N2O. The zero-order valence-corrected chi connectivity index (χ0v) is 7.47. The molecule has 0 spiro atoms. The summed E-state index contributed by atoms with van der Waals surface area (Å²) in [6.45, 7) is 3.22. The molecule has 0 fully saturated rings. The molecule has 1 aromatic heterocycles. The molecule has 1 aromatic carbocycles. The molecule has 3 nitrogen and oxygen atoms in total. The van der Waals surface area contributed by atoms with E-state index in [1.807, 2.05) is 12.1 Å². The first kappa shape index (κ1) is 8.56. The van der Waals surface area contributed by atoms with Gasteiger partial charge in [-0.05, 0) is 24.9 Å². The highest BCUT2D eigenvalue weighted by Gasteiger charge is 2.06. The predicted octanol–water partition coefficient (Wildman–Crippen LogP) is 2.08.